The van der Waals surface area contributed by atoms with Gasteiger partial charge in [-0.15, -0.1) is 0 Å². The second-order valence-electron chi connectivity index (χ2n) is 4.32. The van der Waals surface area contributed by atoms with Gasteiger partial charge in [-0.25, -0.2) is 4.98 Å². The van der Waals surface area contributed by atoms with E-state index in [1.54, 1.807) is 6.07 Å². The molecule has 100 valence electrons. The molecule has 0 fully saturated rings. The van der Waals surface area contributed by atoms with Gasteiger partial charge in [-0.1, -0.05) is 57.3 Å². The van der Waals surface area contributed by atoms with Crippen molar-refractivity contribution in [1.82, 2.24) is 4.98 Å². The Morgan fingerprint density at radius 3 is 2.58 bits per heavy atom. The predicted molar refractivity (Wildman–Crippen MR) is 85.2 cm³/mol. The first-order valence-corrected chi connectivity index (χ1v) is 7.37. The van der Waals surface area contributed by atoms with E-state index in [9.17, 15) is 0 Å². The van der Waals surface area contributed by atoms with E-state index < -0.39 is 0 Å². The third-order valence-electron chi connectivity index (χ3n) is 2.87. The lowest BCUT2D eigenvalue weighted by Gasteiger charge is -2.19. The summed E-state index contributed by atoms with van der Waals surface area (Å²) >= 11 is 15.6. The molecule has 0 bridgehead atoms. The quantitative estimate of drug-likeness (QED) is 0.718. The Morgan fingerprint density at radius 2 is 1.95 bits per heavy atom. The van der Waals surface area contributed by atoms with Crippen molar-refractivity contribution in [2.75, 3.05) is 5.32 Å². The van der Waals surface area contributed by atoms with Crippen LogP contribution in [0.4, 0.5) is 5.69 Å². The Labute approximate surface area is 131 Å². The number of nitrogens with one attached hydrogen (secondary N) is 1. The maximum atomic E-state index is 6.14. The molecule has 1 atom stereocenters. The summed E-state index contributed by atoms with van der Waals surface area (Å²) in [5.74, 6) is 0. The zero-order valence-corrected chi connectivity index (χ0v) is 13.6. The summed E-state index contributed by atoms with van der Waals surface area (Å²) in [6, 6.07) is 9.98. The molecule has 1 aromatic heterocycles. The molecule has 1 unspecified atom stereocenters. The summed E-state index contributed by atoms with van der Waals surface area (Å²) in [4.78, 5) is 4.06. The van der Waals surface area contributed by atoms with Crippen LogP contribution < -0.4 is 5.32 Å². The first-order chi connectivity index (χ1) is 8.99. The lowest BCUT2D eigenvalue weighted by Crippen LogP contribution is -2.09. The van der Waals surface area contributed by atoms with Crippen LogP contribution in [-0.4, -0.2) is 4.98 Å². The van der Waals surface area contributed by atoms with Gasteiger partial charge in [0, 0.05) is 10.5 Å². The van der Waals surface area contributed by atoms with Gasteiger partial charge in [0.1, 0.15) is 5.15 Å². The van der Waals surface area contributed by atoms with Crippen LogP contribution in [0.1, 0.15) is 24.1 Å². The highest BCUT2D eigenvalue weighted by atomic mass is 79.9. The summed E-state index contributed by atoms with van der Waals surface area (Å²) in [7, 11) is 0. The number of rotatable bonds is 3. The molecule has 0 saturated heterocycles. The smallest absolute Gasteiger partial charge is 0.154 e. The van der Waals surface area contributed by atoms with Crippen LogP contribution in [-0.2, 0) is 0 Å². The molecule has 0 saturated carbocycles. The van der Waals surface area contributed by atoms with Gasteiger partial charge in [0.25, 0.3) is 0 Å². The Bertz CT molecular complexity index is 579. The average Bonchev–Trinajstić information content (AvgIpc) is 2.34. The number of halogens is 3. The van der Waals surface area contributed by atoms with Crippen molar-refractivity contribution in [1.29, 1.82) is 0 Å². The highest BCUT2D eigenvalue weighted by Gasteiger charge is 2.13. The van der Waals surface area contributed by atoms with Crippen molar-refractivity contribution >= 4 is 44.8 Å². The maximum absolute atomic E-state index is 6.14. The fourth-order valence-electron chi connectivity index (χ4n) is 1.89. The zero-order valence-electron chi connectivity index (χ0n) is 10.5. The summed E-state index contributed by atoms with van der Waals surface area (Å²) < 4.78 is 1.06. The minimum Gasteiger partial charge on any atom is -0.376 e. The number of anilines is 1. The van der Waals surface area contributed by atoms with E-state index in [1.165, 1.54) is 0 Å². The van der Waals surface area contributed by atoms with Gasteiger partial charge >= 0.3 is 0 Å². The topological polar surface area (TPSA) is 24.9 Å². The Kier molecular flexibility index (Phi) is 4.71. The van der Waals surface area contributed by atoms with E-state index in [2.05, 4.69) is 39.2 Å². The zero-order chi connectivity index (χ0) is 14.0. The lowest BCUT2D eigenvalue weighted by atomic mass is 10.1. The van der Waals surface area contributed by atoms with Crippen LogP contribution in [0.3, 0.4) is 0 Å². The van der Waals surface area contributed by atoms with Crippen molar-refractivity contribution in [2.24, 2.45) is 0 Å². The van der Waals surface area contributed by atoms with E-state index in [-0.39, 0.29) is 6.04 Å². The van der Waals surface area contributed by atoms with Crippen LogP contribution in [0, 0.1) is 6.92 Å². The first-order valence-electron chi connectivity index (χ1n) is 5.82. The summed E-state index contributed by atoms with van der Waals surface area (Å²) in [5, 5.41) is 4.18. The van der Waals surface area contributed by atoms with E-state index in [0.717, 1.165) is 21.3 Å². The molecule has 5 heteroatoms. The Hall–Kier alpha value is -0.770. The van der Waals surface area contributed by atoms with Crippen LogP contribution in [0.2, 0.25) is 10.3 Å². The van der Waals surface area contributed by atoms with E-state index in [4.69, 9.17) is 23.2 Å². The molecular formula is C14H13BrCl2N2. The summed E-state index contributed by atoms with van der Waals surface area (Å²) in [6.45, 7) is 4.03. The SMILES string of the molecule is Cc1cc(Cl)nc(Cl)c1NC(C)c1ccccc1Br. The predicted octanol–water partition coefficient (Wildman–Crippen LogP) is 5.63. The molecule has 0 amide bonds. The Balaban J connectivity index is 2.29. The normalized spacial score (nSPS) is 12.3. The van der Waals surface area contributed by atoms with Gasteiger partial charge in [0.05, 0.1) is 5.69 Å². The second-order valence-corrected chi connectivity index (χ2v) is 5.91. The molecule has 1 N–H and O–H groups in total. The van der Waals surface area contributed by atoms with Crippen LogP contribution >= 0.6 is 39.1 Å². The second kappa shape index (κ2) is 6.12. The highest BCUT2D eigenvalue weighted by molar-refractivity contribution is 9.10. The minimum atomic E-state index is 0.106. The molecule has 0 radical (unpaired) electrons. The number of aryl methyl sites for hydroxylation is 1. The fraction of sp³-hybridized carbons (Fsp3) is 0.214. The molecule has 1 aromatic carbocycles. The standard InChI is InChI=1S/C14H13BrCl2N2/c1-8-7-12(16)19-14(17)13(8)18-9(2)10-5-3-4-6-11(10)15/h3-7,9,18H,1-2H3. The molecule has 19 heavy (non-hydrogen) atoms. The van der Waals surface area contributed by atoms with Gasteiger partial charge in [0.15, 0.2) is 5.15 Å². The largest absolute Gasteiger partial charge is 0.376 e. The molecular weight excluding hydrogens is 347 g/mol. The number of hydrogen-bond donors (Lipinski definition) is 1. The monoisotopic (exact) mass is 358 g/mol. The van der Waals surface area contributed by atoms with Crippen molar-refractivity contribution in [3.63, 3.8) is 0 Å². The molecule has 2 aromatic rings. The van der Waals surface area contributed by atoms with Crippen molar-refractivity contribution in [3.8, 4) is 0 Å². The molecule has 2 rings (SSSR count). The third-order valence-corrected chi connectivity index (χ3v) is 4.06. The summed E-state index contributed by atoms with van der Waals surface area (Å²) in [5.41, 5.74) is 2.95. The van der Waals surface area contributed by atoms with Crippen LogP contribution in [0.15, 0.2) is 34.8 Å². The molecule has 0 aliphatic carbocycles. The third kappa shape index (κ3) is 3.41. The number of benzene rings is 1. The number of nitrogens with zero attached hydrogens (tertiary/aromatic N) is 1. The average molecular weight is 360 g/mol. The number of pyridine rings is 1. The van der Waals surface area contributed by atoms with Crippen molar-refractivity contribution < 1.29 is 0 Å². The van der Waals surface area contributed by atoms with Gasteiger partial charge in [-0.2, -0.15) is 0 Å². The first kappa shape index (κ1) is 14.6. The van der Waals surface area contributed by atoms with E-state index in [1.807, 2.05) is 25.1 Å². The molecule has 0 aliphatic heterocycles. The van der Waals surface area contributed by atoms with E-state index in [0.29, 0.717) is 10.3 Å². The fourth-order valence-corrected chi connectivity index (χ4v) is 3.10. The van der Waals surface area contributed by atoms with Crippen LogP contribution in [0.25, 0.3) is 0 Å². The molecule has 0 spiro atoms. The number of hydrogen-bond acceptors (Lipinski definition) is 2. The lowest BCUT2D eigenvalue weighted by molar-refractivity contribution is 0.875. The van der Waals surface area contributed by atoms with Gasteiger partial charge in [-0.05, 0) is 37.1 Å². The van der Waals surface area contributed by atoms with Crippen molar-refractivity contribution in [2.45, 2.75) is 19.9 Å². The van der Waals surface area contributed by atoms with Gasteiger partial charge in [0.2, 0.25) is 0 Å². The molecule has 2 nitrogen and oxygen atoms in total. The maximum Gasteiger partial charge on any atom is 0.154 e. The van der Waals surface area contributed by atoms with Crippen molar-refractivity contribution in [3.05, 3.63) is 56.2 Å². The van der Waals surface area contributed by atoms with E-state index >= 15 is 0 Å². The van der Waals surface area contributed by atoms with Crippen LogP contribution in [0.5, 0.6) is 0 Å². The summed E-state index contributed by atoms with van der Waals surface area (Å²) in [6.07, 6.45) is 0. The highest BCUT2D eigenvalue weighted by Crippen LogP contribution is 2.31. The minimum absolute atomic E-state index is 0.106. The molecule has 1 heterocycles. The molecule has 0 aliphatic rings. The van der Waals surface area contributed by atoms with Gasteiger partial charge in [-0.3, -0.25) is 0 Å². The Morgan fingerprint density at radius 1 is 1.26 bits per heavy atom. The number of aromatic nitrogens is 1. The van der Waals surface area contributed by atoms with Gasteiger partial charge < -0.3 is 5.32 Å².